The summed E-state index contributed by atoms with van der Waals surface area (Å²) in [6, 6.07) is 9.20. The van der Waals surface area contributed by atoms with Crippen LogP contribution in [0.2, 0.25) is 0 Å². The Hall–Kier alpha value is -2.12. The van der Waals surface area contributed by atoms with Crippen molar-refractivity contribution >= 4 is 18.9 Å². The van der Waals surface area contributed by atoms with E-state index in [0.29, 0.717) is 12.1 Å². The maximum atomic E-state index is 12.1. The molecule has 0 heterocycles. The molecule has 1 rings (SSSR count). The van der Waals surface area contributed by atoms with E-state index in [0.717, 1.165) is 5.56 Å². The molecule has 0 aliphatic rings. The molecule has 2 amide bonds. The van der Waals surface area contributed by atoms with Crippen molar-refractivity contribution in [3.63, 3.8) is 0 Å². The lowest BCUT2D eigenvalue weighted by Gasteiger charge is -2.23. The van der Waals surface area contributed by atoms with Gasteiger partial charge in [-0.25, -0.2) is 0 Å². The fourth-order valence-corrected chi connectivity index (χ4v) is 2.12. The number of nitrogens with one attached hydrogen (secondary N) is 1. The minimum absolute atomic E-state index is 0.153. The monoisotopic (exact) mass is 318 g/mol. The highest BCUT2D eigenvalue weighted by molar-refractivity contribution is 6.43. The van der Waals surface area contributed by atoms with Crippen molar-refractivity contribution in [3.8, 4) is 0 Å². The molecule has 1 aromatic rings. The van der Waals surface area contributed by atoms with Gasteiger partial charge in [-0.1, -0.05) is 36.9 Å². The third-order valence-corrected chi connectivity index (χ3v) is 3.37. The second kappa shape index (κ2) is 9.12. The first-order valence-electron chi connectivity index (χ1n) is 7.49. The number of rotatable bonds is 8. The molecule has 6 nitrogen and oxygen atoms in total. The summed E-state index contributed by atoms with van der Waals surface area (Å²) in [6.07, 6.45) is 0.283. The first kappa shape index (κ1) is 18.9. The van der Waals surface area contributed by atoms with Crippen molar-refractivity contribution < 1.29 is 19.6 Å². The number of nitrogens with zero attached hydrogens (tertiary/aromatic N) is 1. The zero-order valence-corrected chi connectivity index (χ0v) is 13.5. The molecular weight excluding hydrogens is 295 g/mol. The number of benzene rings is 1. The fourth-order valence-electron chi connectivity index (χ4n) is 2.12. The van der Waals surface area contributed by atoms with Gasteiger partial charge in [-0.2, -0.15) is 0 Å². The number of hydrogen-bond acceptors (Lipinski definition) is 4. The molecule has 1 aromatic carbocycles. The highest BCUT2D eigenvalue weighted by atomic mass is 16.4. The molecule has 0 saturated carbocycles. The zero-order chi connectivity index (χ0) is 17.4. The van der Waals surface area contributed by atoms with Crippen LogP contribution in [-0.2, 0) is 16.0 Å². The second-order valence-electron chi connectivity index (χ2n) is 5.38. The number of carbonyl (C=O) groups is 2. The van der Waals surface area contributed by atoms with Crippen LogP contribution in [-0.4, -0.2) is 52.9 Å². The van der Waals surface area contributed by atoms with Crippen LogP contribution < -0.4 is 5.32 Å². The van der Waals surface area contributed by atoms with Crippen LogP contribution >= 0.6 is 0 Å². The van der Waals surface area contributed by atoms with Gasteiger partial charge in [-0.3, -0.25) is 9.59 Å². The van der Waals surface area contributed by atoms with Crippen LogP contribution in [0.5, 0.6) is 0 Å². The summed E-state index contributed by atoms with van der Waals surface area (Å²) in [5, 5.41) is 21.5. The molecule has 1 atom stereocenters. The van der Waals surface area contributed by atoms with E-state index in [-0.39, 0.29) is 18.9 Å². The lowest BCUT2D eigenvalue weighted by molar-refractivity contribution is -0.133. The minimum Gasteiger partial charge on any atom is -0.426 e. The topological polar surface area (TPSA) is 89.9 Å². The summed E-state index contributed by atoms with van der Waals surface area (Å²) in [4.78, 5) is 25.3. The van der Waals surface area contributed by atoms with Gasteiger partial charge in [0.05, 0.1) is 12.5 Å². The molecule has 0 spiro atoms. The number of carbonyl (C=O) groups excluding carboxylic acids is 2. The van der Waals surface area contributed by atoms with Crippen LogP contribution in [0.3, 0.4) is 0 Å². The first-order valence-corrected chi connectivity index (χ1v) is 7.49. The van der Waals surface area contributed by atoms with Gasteiger partial charge in [0.15, 0.2) is 0 Å². The van der Waals surface area contributed by atoms with Gasteiger partial charge < -0.3 is 20.3 Å². The maximum Gasteiger partial charge on any atom is 0.475 e. The van der Waals surface area contributed by atoms with Gasteiger partial charge in [0.2, 0.25) is 11.8 Å². The molecule has 1 unspecified atom stereocenters. The van der Waals surface area contributed by atoms with Crippen LogP contribution in [0.25, 0.3) is 0 Å². The standard InChI is InChI=1S/C16H23BN2O4/c1-4-19(16(21)12(2)3)11-15(20)18-14(17(22)23)10-13-8-6-5-7-9-13/h5-9,14,22-23H,2,4,10-11H2,1,3H3,(H,18,20). The van der Waals surface area contributed by atoms with Crippen molar-refractivity contribution in [1.29, 1.82) is 0 Å². The van der Waals surface area contributed by atoms with Crippen molar-refractivity contribution in [2.45, 2.75) is 26.2 Å². The molecule has 0 aliphatic carbocycles. The smallest absolute Gasteiger partial charge is 0.426 e. The lowest BCUT2D eigenvalue weighted by Crippen LogP contribution is -2.51. The molecule has 0 aliphatic heterocycles. The van der Waals surface area contributed by atoms with E-state index in [4.69, 9.17) is 0 Å². The fraction of sp³-hybridized carbons (Fsp3) is 0.375. The third kappa shape index (κ3) is 6.26. The Balaban J connectivity index is 2.67. The van der Waals surface area contributed by atoms with Gasteiger partial charge in [0.1, 0.15) is 0 Å². The van der Waals surface area contributed by atoms with Crippen molar-refractivity contribution in [2.75, 3.05) is 13.1 Å². The molecular formula is C16H23BN2O4. The van der Waals surface area contributed by atoms with E-state index in [1.54, 1.807) is 13.8 Å². The normalized spacial score (nSPS) is 11.5. The molecule has 0 radical (unpaired) electrons. The number of amides is 2. The van der Waals surface area contributed by atoms with Gasteiger partial charge in [0, 0.05) is 12.1 Å². The molecule has 0 fully saturated rings. The summed E-state index contributed by atoms with van der Waals surface area (Å²) < 4.78 is 0. The molecule has 124 valence electrons. The highest BCUT2D eigenvalue weighted by Gasteiger charge is 2.26. The van der Waals surface area contributed by atoms with Gasteiger partial charge in [-0.05, 0) is 25.8 Å². The lowest BCUT2D eigenvalue weighted by atomic mass is 9.76. The number of likely N-dealkylation sites (N-methyl/N-ethyl adjacent to an activating group) is 1. The predicted molar refractivity (Wildman–Crippen MR) is 89.3 cm³/mol. The average Bonchev–Trinajstić information content (AvgIpc) is 2.52. The molecule has 7 heteroatoms. The zero-order valence-electron chi connectivity index (χ0n) is 13.5. The summed E-state index contributed by atoms with van der Waals surface area (Å²) in [7, 11) is -1.69. The third-order valence-electron chi connectivity index (χ3n) is 3.37. The second-order valence-corrected chi connectivity index (χ2v) is 5.38. The Labute approximate surface area is 137 Å². The van der Waals surface area contributed by atoms with Crippen LogP contribution in [0.4, 0.5) is 0 Å². The van der Waals surface area contributed by atoms with E-state index < -0.39 is 19.0 Å². The van der Waals surface area contributed by atoms with Crippen molar-refractivity contribution in [3.05, 3.63) is 48.0 Å². The molecule has 0 bridgehead atoms. The van der Waals surface area contributed by atoms with E-state index >= 15 is 0 Å². The Bertz CT molecular complexity index is 548. The Morgan fingerprint density at radius 2 is 1.91 bits per heavy atom. The van der Waals surface area contributed by atoms with Crippen molar-refractivity contribution in [2.24, 2.45) is 0 Å². The maximum absolute atomic E-state index is 12.1. The summed E-state index contributed by atoms with van der Waals surface area (Å²) in [5.74, 6) is -1.59. The highest BCUT2D eigenvalue weighted by Crippen LogP contribution is 2.05. The van der Waals surface area contributed by atoms with Gasteiger partial charge in [-0.15, -0.1) is 0 Å². The predicted octanol–water partition coefficient (Wildman–Crippen LogP) is 0.150. The molecule has 3 N–H and O–H groups in total. The van der Waals surface area contributed by atoms with Crippen LogP contribution in [0.1, 0.15) is 19.4 Å². The SMILES string of the molecule is C=C(C)C(=O)N(CC)CC(=O)NC(Cc1ccccc1)B(O)O. The molecule has 23 heavy (non-hydrogen) atoms. The Kier molecular flexibility index (Phi) is 7.51. The molecule has 0 saturated heterocycles. The summed E-state index contributed by atoms with van der Waals surface area (Å²) in [6.45, 7) is 7.13. The number of hydrogen-bond donors (Lipinski definition) is 3. The van der Waals surface area contributed by atoms with E-state index in [2.05, 4.69) is 11.9 Å². The van der Waals surface area contributed by atoms with E-state index in [1.807, 2.05) is 30.3 Å². The minimum atomic E-state index is -1.69. The van der Waals surface area contributed by atoms with Gasteiger partial charge in [0.25, 0.3) is 0 Å². The van der Waals surface area contributed by atoms with E-state index in [9.17, 15) is 19.6 Å². The van der Waals surface area contributed by atoms with Crippen molar-refractivity contribution in [1.82, 2.24) is 10.2 Å². The summed E-state index contributed by atoms with van der Waals surface area (Å²) >= 11 is 0. The van der Waals surface area contributed by atoms with Gasteiger partial charge >= 0.3 is 7.12 Å². The van der Waals surface area contributed by atoms with E-state index in [1.165, 1.54) is 4.90 Å². The average molecular weight is 318 g/mol. The van der Waals surface area contributed by atoms with Crippen LogP contribution in [0, 0.1) is 0 Å². The first-order chi connectivity index (χ1) is 10.8. The van der Waals surface area contributed by atoms with Crippen LogP contribution in [0.15, 0.2) is 42.5 Å². The quantitative estimate of drug-likeness (QED) is 0.470. The Morgan fingerprint density at radius 3 is 2.39 bits per heavy atom. The largest absolute Gasteiger partial charge is 0.475 e. The molecule has 0 aromatic heterocycles. The summed E-state index contributed by atoms with van der Waals surface area (Å²) in [5.41, 5.74) is 1.22. The Morgan fingerprint density at radius 1 is 1.30 bits per heavy atom.